The molecule has 102 valence electrons. The van der Waals surface area contributed by atoms with E-state index in [1.165, 1.54) is 25.7 Å². The number of hydrogen-bond acceptors (Lipinski definition) is 2. The van der Waals surface area contributed by atoms with Crippen LogP contribution in [-0.2, 0) is 0 Å². The Labute approximate surface area is 107 Å². The van der Waals surface area contributed by atoms with Crippen LogP contribution in [0.15, 0.2) is 0 Å². The van der Waals surface area contributed by atoms with Gasteiger partial charge in [0.1, 0.15) is 0 Å². The summed E-state index contributed by atoms with van der Waals surface area (Å²) < 4.78 is 0. The highest BCUT2D eigenvalue weighted by molar-refractivity contribution is 4.87. The molecule has 1 aliphatic carbocycles. The molecule has 1 rings (SSSR count). The number of hydrogen-bond donors (Lipinski definition) is 2. The highest BCUT2D eigenvalue weighted by Gasteiger charge is 2.32. The Bertz CT molecular complexity index is 211. The van der Waals surface area contributed by atoms with E-state index >= 15 is 0 Å². The second kappa shape index (κ2) is 6.19. The van der Waals surface area contributed by atoms with E-state index in [2.05, 4.69) is 33.0 Å². The van der Waals surface area contributed by atoms with Gasteiger partial charge in [-0.1, -0.05) is 34.1 Å². The Morgan fingerprint density at radius 3 is 2.29 bits per heavy atom. The zero-order chi connectivity index (χ0) is 12.9. The van der Waals surface area contributed by atoms with Gasteiger partial charge in [0, 0.05) is 6.54 Å². The Balaban J connectivity index is 2.18. The first-order chi connectivity index (χ1) is 7.85. The fourth-order valence-electron chi connectivity index (χ4n) is 2.58. The van der Waals surface area contributed by atoms with Crippen LogP contribution in [0, 0.1) is 11.3 Å². The van der Waals surface area contributed by atoms with Crippen LogP contribution < -0.4 is 5.32 Å². The van der Waals surface area contributed by atoms with Gasteiger partial charge in [0.2, 0.25) is 0 Å². The molecular formula is C15H31NO. The summed E-state index contributed by atoms with van der Waals surface area (Å²) in [6.45, 7) is 10.8. The van der Waals surface area contributed by atoms with E-state index in [0.717, 1.165) is 31.8 Å². The minimum atomic E-state index is -0.427. The van der Waals surface area contributed by atoms with E-state index < -0.39 is 5.60 Å². The van der Waals surface area contributed by atoms with E-state index in [0.29, 0.717) is 5.41 Å². The third-order valence-corrected chi connectivity index (χ3v) is 4.12. The molecule has 0 atom stereocenters. The summed E-state index contributed by atoms with van der Waals surface area (Å²) in [7, 11) is 0. The van der Waals surface area contributed by atoms with E-state index in [9.17, 15) is 5.11 Å². The molecule has 0 saturated heterocycles. The molecule has 1 aliphatic rings. The molecule has 0 aromatic carbocycles. The van der Waals surface area contributed by atoms with Crippen molar-refractivity contribution in [3.8, 4) is 0 Å². The quantitative estimate of drug-likeness (QED) is 0.724. The number of rotatable bonds is 5. The Kier molecular flexibility index (Phi) is 5.46. The molecule has 1 fully saturated rings. The Morgan fingerprint density at radius 1 is 1.24 bits per heavy atom. The van der Waals surface area contributed by atoms with E-state index in [1.54, 1.807) is 0 Å². The Hall–Kier alpha value is -0.0800. The third kappa shape index (κ3) is 5.87. The SMILES string of the molecule is CCC1CCC(O)(CNCCC(C)(C)C)CC1. The van der Waals surface area contributed by atoms with E-state index in [4.69, 9.17) is 0 Å². The Morgan fingerprint density at radius 2 is 1.82 bits per heavy atom. The van der Waals surface area contributed by atoms with Crippen molar-refractivity contribution in [3.63, 3.8) is 0 Å². The maximum atomic E-state index is 10.5. The molecular weight excluding hydrogens is 210 g/mol. The van der Waals surface area contributed by atoms with Crippen LogP contribution in [0.25, 0.3) is 0 Å². The molecule has 0 amide bonds. The number of nitrogens with one attached hydrogen (secondary N) is 1. The van der Waals surface area contributed by atoms with Gasteiger partial charge in [0.25, 0.3) is 0 Å². The molecule has 2 N–H and O–H groups in total. The van der Waals surface area contributed by atoms with Gasteiger partial charge in [-0.05, 0) is 50.0 Å². The third-order valence-electron chi connectivity index (χ3n) is 4.12. The first kappa shape index (κ1) is 15.0. The normalized spacial score (nSPS) is 30.5. The van der Waals surface area contributed by atoms with Crippen molar-refractivity contribution < 1.29 is 5.11 Å². The van der Waals surface area contributed by atoms with Crippen molar-refractivity contribution in [1.82, 2.24) is 5.32 Å². The summed E-state index contributed by atoms with van der Waals surface area (Å²) >= 11 is 0. The van der Waals surface area contributed by atoms with Crippen molar-refractivity contribution in [2.75, 3.05) is 13.1 Å². The zero-order valence-corrected chi connectivity index (χ0v) is 12.2. The summed E-state index contributed by atoms with van der Waals surface area (Å²) in [6.07, 6.45) is 6.80. The first-order valence-corrected chi connectivity index (χ1v) is 7.28. The standard InChI is InChI=1S/C15H31NO/c1-5-13-6-8-15(17,9-7-13)12-16-11-10-14(2,3)4/h13,16-17H,5-12H2,1-4H3. The lowest BCUT2D eigenvalue weighted by Gasteiger charge is -2.36. The van der Waals surface area contributed by atoms with Crippen molar-refractivity contribution in [1.29, 1.82) is 0 Å². The second-order valence-electron chi connectivity index (χ2n) is 7.06. The molecule has 0 aliphatic heterocycles. The second-order valence-corrected chi connectivity index (χ2v) is 7.06. The van der Waals surface area contributed by atoms with Crippen molar-refractivity contribution in [3.05, 3.63) is 0 Å². The minimum Gasteiger partial charge on any atom is -0.389 e. The molecule has 0 bridgehead atoms. The van der Waals surface area contributed by atoms with Gasteiger partial charge >= 0.3 is 0 Å². The van der Waals surface area contributed by atoms with Crippen LogP contribution in [0.2, 0.25) is 0 Å². The van der Waals surface area contributed by atoms with Crippen LogP contribution in [0.4, 0.5) is 0 Å². The molecule has 0 heterocycles. The summed E-state index contributed by atoms with van der Waals surface area (Å²) in [5.41, 5.74) is -0.0426. The molecule has 17 heavy (non-hydrogen) atoms. The fraction of sp³-hybridized carbons (Fsp3) is 1.00. The molecule has 0 aromatic heterocycles. The van der Waals surface area contributed by atoms with Gasteiger partial charge in [0.15, 0.2) is 0 Å². The van der Waals surface area contributed by atoms with E-state index in [1.807, 2.05) is 0 Å². The first-order valence-electron chi connectivity index (χ1n) is 7.28. The average molecular weight is 241 g/mol. The lowest BCUT2D eigenvalue weighted by molar-refractivity contribution is -0.00882. The lowest BCUT2D eigenvalue weighted by atomic mass is 9.78. The van der Waals surface area contributed by atoms with Gasteiger partial charge in [0.05, 0.1) is 5.60 Å². The molecule has 2 heteroatoms. The molecule has 0 radical (unpaired) electrons. The van der Waals surface area contributed by atoms with Gasteiger partial charge < -0.3 is 10.4 Å². The van der Waals surface area contributed by atoms with Crippen LogP contribution >= 0.6 is 0 Å². The highest BCUT2D eigenvalue weighted by Crippen LogP contribution is 2.33. The largest absolute Gasteiger partial charge is 0.389 e. The maximum absolute atomic E-state index is 10.5. The average Bonchev–Trinajstić information content (AvgIpc) is 2.25. The van der Waals surface area contributed by atoms with Gasteiger partial charge in [-0.25, -0.2) is 0 Å². The van der Waals surface area contributed by atoms with Crippen LogP contribution in [0.5, 0.6) is 0 Å². The molecule has 2 nitrogen and oxygen atoms in total. The molecule has 0 unspecified atom stereocenters. The van der Waals surface area contributed by atoms with Crippen molar-refractivity contribution in [2.24, 2.45) is 11.3 Å². The predicted molar refractivity (Wildman–Crippen MR) is 74.1 cm³/mol. The van der Waals surface area contributed by atoms with Gasteiger partial charge in [-0.2, -0.15) is 0 Å². The minimum absolute atomic E-state index is 0.384. The van der Waals surface area contributed by atoms with Crippen LogP contribution in [0.3, 0.4) is 0 Å². The summed E-state index contributed by atoms with van der Waals surface area (Å²) in [5, 5.41) is 13.9. The smallest absolute Gasteiger partial charge is 0.0771 e. The highest BCUT2D eigenvalue weighted by atomic mass is 16.3. The maximum Gasteiger partial charge on any atom is 0.0771 e. The summed E-state index contributed by atoms with van der Waals surface area (Å²) in [5.74, 6) is 0.852. The van der Waals surface area contributed by atoms with Gasteiger partial charge in [-0.3, -0.25) is 0 Å². The fourth-order valence-corrected chi connectivity index (χ4v) is 2.58. The summed E-state index contributed by atoms with van der Waals surface area (Å²) in [4.78, 5) is 0. The van der Waals surface area contributed by atoms with E-state index in [-0.39, 0.29) is 0 Å². The topological polar surface area (TPSA) is 32.3 Å². The van der Waals surface area contributed by atoms with Crippen LogP contribution in [0.1, 0.15) is 66.2 Å². The molecule has 1 saturated carbocycles. The number of aliphatic hydroxyl groups is 1. The summed E-state index contributed by atoms with van der Waals surface area (Å²) in [6, 6.07) is 0. The van der Waals surface area contributed by atoms with Gasteiger partial charge in [-0.15, -0.1) is 0 Å². The lowest BCUT2D eigenvalue weighted by Crippen LogP contribution is -2.44. The van der Waals surface area contributed by atoms with Crippen molar-refractivity contribution >= 4 is 0 Å². The monoisotopic (exact) mass is 241 g/mol. The predicted octanol–water partition coefficient (Wildman–Crippen LogP) is 3.34. The molecule has 0 aromatic rings. The molecule has 0 spiro atoms. The van der Waals surface area contributed by atoms with Crippen molar-refractivity contribution in [2.45, 2.75) is 71.8 Å². The zero-order valence-electron chi connectivity index (χ0n) is 12.2. The van der Waals surface area contributed by atoms with Crippen LogP contribution in [-0.4, -0.2) is 23.8 Å².